The first-order valence-corrected chi connectivity index (χ1v) is 6.63. The van der Waals surface area contributed by atoms with Crippen LogP contribution in [0.3, 0.4) is 0 Å². The van der Waals surface area contributed by atoms with Gasteiger partial charge in [-0.2, -0.15) is 0 Å². The topological polar surface area (TPSA) is 25.8 Å². The molecule has 1 fully saturated rings. The molecule has 0 atom stereocenters. The molecule has 1 aliphatic rings. The van der Waals surface area contributed by atoms with E-state index in [4.69, 9.17) is 11.6 Å². The van der Waals surface area contributed by atoms with Crippen LogP contribution in [-0.4, -0.2) is 9.97 Å². The van der Waals surface area contributed by atoms with Gasteiger partial charge >= 0.3 is 0 Å². The van der Waals surface area contributed by atoms with E-state index < -0.39 is 0 Å². The Morgan fingerprint density at radius 3 is 2.50 bits per heavy atom. The lowest BCUT2D eigenvalue weighted by Crippen LogP contribution is -2.11. The summed E-state index contributed by atoms with van der Waals surface area (Å²) in [6.07, 6.45) is 7.36. The van der Waals surface area contributed by atoms with Crippen LogP contribution in [0.15, 0.2) is 0 Å². The summed E-state index contributed by atoms with van der Waals surface area (Å²) in [4.78, 5) is 9.14. The summed E-state index contributed by atoms with van der Waals surface area (Å²) in [5, 5.41) is 0.646. The van der Waals surface area contributed by atoms with Crippen molar-refractivity contribution in [2.45, 2.75) is 58.3 Å². The predicted octanol–water partition coefficient (Wildman–Crippen LogP) is 4.05. The summed E-state index contributed by atoms with van der Waals surface area (Å²) in [7, 11) is 0. The van der Waals surface area contributed by atoms with Crippen molar-refractivity contribution in [3.8, 4) is 0 Å². The van der Waals surface area contributed by atoms with Crippen LogP contribution in [0.2, 0.25) is 5.15 Å². The number of hydrogen-bond donors (Lipinski definition) is 0. The monoisotopic (exact) mass is 238 g/mol. The van der Waals surface area contributed by atoms with Gasteiger partial charge in [-0.05, 0) is 26.2 Å². The average Bonchev–Trinajstić information content (AvgIpc) is 2.33. The van der Waals surface area contributed by atoms with E-state index in [0.29, 0.717) is 11.1 Å². The minimum absolute atomic E-state index is 0.539. The zero-order valence-corrected chi connectivity index (χ0v) is 10.8. The summed E-state index contributed by atoms with van der Waals surface area (Å²) in [5.74, 6) is 1.52. The molecule has 0 spiro atoms. The van der Waals surface area contributed by atoms with Crippen LogP contribution in [0.5, 0.6) is 0 Å². The van der Waals surface area contributed by atoms with E-state index in [9.17, 15) is 0 Å². The first-order chi connectivity index (χ1) is 7.72. The molecule has 0 radical (unpaired) electrons. The molecule has 3 heteroatoms. The van der Waals surface area contributed by atoms with Crippen molar-refractivity contribution < 1.29 is 0 Å². The highest BCUT2D eigenvalue weighted by atomic mass is 35.5. The number of aryl methyl sites for hydroxylation is 1. The summed E-state index contributed by atoms with van der Waals surface area (Å²) < 4.78 is 0. The maximum Gasteiger partial charge on any atom is 0.135 e. The Bertz CT molecular complexity index is 370. The third-order valence-corrected chi connectivity index (χ3v) is 3.88. The summed E-state index contributed by atoms with van der Waals surface area (Å²) in [5.41, 5.74) is 2.16. The SMILES string of the molecule is CCc1nc(C2CCCCC2)nc(Cl)c1C. The second-order valence-electron chi connectivity index (χ2n) is 4.63. The van der Waals surface area contributed by atoms with Crippen LogP contribution in [0.1, 0.15) is 62.0 Å². The Balaban J connectivity index is 2.29. The molecule has 0 bridgehead atoms. The number of nitrogens with zero attached hydrogens (tertiary/aromatic N) is 2. The molecule has 0 amide bonds. The largest absolute Gasteiger partial charge is 0.237 e. The molecule has 0 aromatic carbocycles. The molecule has 0 unspecified atom stereocenters. The van der Waals surface area contributed by atoms with Gasteiger partial charge in [0, 0.05) is 17.2 Å². The van der Waals surface area contributed by atoms with Crippen LogP contribution in [0.25, 0.3) is 0 Å². The Kier molecular flexibility index (Phi) is 3.80. The van der Waals surface area contributed by atoms with E-state index in [1.807, 2.05) is 6.92 Å². The van der Waals surface area contributed by atoms with Crippen LogP contribution in [0, 0.1) is 6.92 Å². The molecule has 0 N–H and O–H groups in total. The smallest absolute Gasteiger partial charge is 0.135 e. The van der Waals surface area contributed by atoms with Gasteiger partial charge in [-0.3, -0.25) is 0 Å². The molecular weight excluding hydrogens is 220 g/mol. The molecule has 0 aliphatic heterocycles. The highest BCUT2D eigenvalue weighted by Crippen LogP contribution is 2.32. The van der Waals surface area contributed by atoms with Gasteiger partial charge in [-0.15, -0.1) is 0 Å². The van der Waals surface area contributed by atoms with Gasteiger partial charge in [0.2, 0.25) is 0 Å². The molecule has 1 aromatic rings. The number of rotatable bonds is 2. The van der Waals surface area contributed by atoms with Crippen LogP contribution < -0.4 is 0 Å². The molecule has 1 aliphatic carbocycles. The number of aromatic nitrogens is 2. The van der Waals surface area contributed by atoms with Crippen molar-refractivity contribution in [1.29, 1.82) is 0 Å². The Labute approximate surface area is 102 Å². The van der Waals surface area contributed by atoms with Crippen LogP contribution in [0.4, 0.5) is 0 Å². The van der Waals surface area contributed by atoms with Gasteiger partial charge in [-0.1, -0.05) is 37.8 Å². The molecule has 16 heavy (non-hydrogen) atoms. The van der Waals surface area contributed by atoms with Gasteiger partial charge in [0.1, 0.15) is 11.0 Å². The van der Waals surface area contributed by atoms with Crippen molar-refractivity contribution >= 4 is 11.6 Å². The highest BCUT2D eigenvalue weighted by molar-refractivity contribution is 6.30. The lowest BCUT2D eigenvalue weighted by molar-refractivity contribution is 0.427. The number of hydrogen-bond acceptors (Lipinski definition) is 2. The fraction of sp³-hybridized carbons (Fsp3) is 0.692. The summed E-state index contributed by atoms with van der Waals surface area (Å²) in [6, 6.07) is 0. The lowest BCUT2D eigenvalue weighted by Gasteiger charge is -2.21. The third kappa shape index (κ3) is 2.37. The van der Waals surface area contributed by atoms with Crippen LogP contribution >= 0.6 is 11.6 Å². The minimum Gasteiger partial charge on any atom is -0.237 e. The molecule has 1 heterocycles. The summed E-state index contributed by atoms with van der Waals surface area (Å²) >= 11 is 6.17. The first kappa shape index (κ1) is 11.8. The first-order valence-electron chi connectivity index (χ1n) is 6.25. The van der Waals surface area contributed by atoms with Crippen molar-refractivity contribution in [2.75, 3.05) is 0 Å². The molecule has 1 saturated carbocycles. The van der Waals surface area contributed by atoms with E-state index in [1.54, 1.807) is 0 Å². The van der Waals surface area contributed by atoms with Gasteiger partial charge in [0.25, 0.3) is 0 Å². The molecule has 2 rings (SSSR count). The second kappa shape index (κ2) is 5.13. The average molecular weight is 239 g/mol. The van der Waals surface area contributed by atoms with Gasteiger partial charge < -0.3 is 0 Å². The lowest BCUT2D eigenvalue weighted by atomic mass is 9.88. The zero-order valence-electron chi connectivity index (χ0n) is 10.1. The highest BCUT2D eigenvalue weighted by Gasteiger charge is 2.20. The maximum atomic E-state index is 6.17. The van der Waals surface area contributed by atoms with Crippen LogP contribution in [-0.2, 0) is 6.42 Å². The van der Waals surface area contributed by atoms with Crippen molar-refractivity contribution in [3.63, 3.8) is 0 Å². The van der Waals surface area contributed by atoms with E-state index in [0.717, 1.165) is 23.5 Å². The number of halogens is 1. The van der Waals surface area contributed by atoms with Gasteiger partial charge in [-0.25, -0.2) is 9.97 Å². The fourth-order valence-electron chi connectivity index (χ4n) is 2.44. The fourth-order valence-corrected chi connectivity index (χ4v) is 2.63. The van der Waals surface area contributed by atoms with Gasteiger partial charge in [0.15, 0.2) is 0 Å². The summed E-state index contributed by atoms with van der Waals surface area (Å²) in [6.45, 7) is 4.13. The second-order valence-corrected chi connectivity index (χ2v) is 4.99. The Morgan fingerprint density at radius 2 is 1.88 bits per heavy atom. The quantitative estimate of drug-likeness (QED) is 0.727. The standard InChI is InChI=1S/C13H19ClN2/c1-3-11-9(2)12(14)16-13(15-11)10-7-5-4-6-8-10/h10H,3-8H2,1-2H3. The zero-order chi connectivity index (χ0) is 11.5. The molecule has 1 aromatic heterocycles. The Morgan fingerprint density at radius 1 is 1.19 bits per heavy atom. The van der Waals surface area contributed by atoms with E-state index in [-0.39, 0.29) is 0 Å². The molecule has 0 saturated heterocycles. The van der Waals surface area contributed by atoms with Gasteiger partial charge in [0.05, 0.1) is 0 Å². The molecule has 88 valence electrons. The van der Waals surface area contributed by atoms with E-state index in [2.05, 4.69) is 16.9 Å². The van der Waals surface area contributed by atoms with Crippen molar-refractivity contribution in [1.82, 2.24) is 9.97 Å². The van der Waals surface area contributed by atoms with E-state index >= 15 is 0 Å². The van der Waals surface area contributed by atoms with E-state index in [1.165, 1.54) is 32.1 Å². The third-order valence-electron chi connectivity index (χ3n) is 3.51. The molecule has 2 nitrogen and oxygen atoms in total. The minimum atomic E-state index is 0.539. The molecular formula is C13H19ClN2. The predicted molar refractivity (Wildman–Crippen MR) is 67.0 cm³/mol. The normalized spacial score (nSPS) is 17.7. The maximum absolute atomic E-state index is 6.17. The van der Waals surface area contributed by atoms with Crippen molar-refractivity contribution in [3.05, 3.63) is 22.2 Å². The van der Waals surface area contributed by atoms with Crippen molar-refractivity contribution in [2.24, 2.45) is 0 Å². The Hall–Kier alpha value is -0.630.